The molecule has 0 fully saturated rings. The van der Waals surface area contributed by atoms with Crippen LogP contribution in [0.3, 0.4) is 0 Å². The summed E-state index contributed by atoms with van der Waals surface area (Å²) in [4.78, 5) is 13.6. The van der Waals surface area contributed by atoms with Crippen molar-refractivity contribution in [1.29, 1.82) is 0 Å². The Morgan fingerprint density at radius 1 is 0.600 bits per heavy atom. The SMILES string of the molecule is CC(C)(C)c1c(C(=O)O)c(P(c2ccccc2)c2ccccc2)c(-c2cccc3ccccc23)c2ccccc12. The predicted molar refractivity (Wildman–Crippen MR) is 171 cm³/mol. The van der Waals surface area contributed by atoms with E-state index in [1.54, 1.807) is 0 Å². The van der Waals surface area contributed by atoms with Crippen molar-refractivity contribution in [3.05, 3.63) is 139 Å². The van der Waals surface area contributed by atoms with E-state index in [1.807, 2.05) is 18.2 Å². The summed E-state index contributed by atoms with van der Waals surface area (Å²) in [6.07, 6.45) is 0. The zero-order valence-electron chi connectivity index (χ0n) is 22.9. The van der Waals surface area contributed by atoms with Crippen molar-refractivity contribution < 1.29 is 9.90 Å². The van der Waals surface area contributed by atoms with Crippen LogP contribution >= 0.6 is 7.92 Å². The largest absolute Gasteiger partial charge is 0.478 e. The maximum absolute atomic E-state index is 13.6. The fourth-order valence-corrected chi connectivity index (χ4v) is 8.56. The standard InChI is InChI=1S/C37H31O2P/c1-37(2,3)34-31-23-13-12-22-30(31)32(29-24-14-16-25-15-10-11-21-28(25)29)35(33(34)36(38)39)40(26-17-6-4-7-18-26)27-19-8-5-9-20-27/h4-24H,1-3H3,(H,38,39). The monoisotopic (exact) mass is 538 g/mol. The molecule has 2 nitrogen and oxygen atoms in total. The molecule has 1 N–H and O–H groups in total. The Kier molecular flexibility index (Phi) is 6.74. The molecule has 3 heteroatoms. The van der Waals surface area contributed by atoms with Gasteiger partial charge in [-0.25, -0.2) is 4.79 Å². The van der Waals surface area contributed by atoms with E-state index < -0.39 is 19.3 Å². The number of fused-ring (bicyclic) bond motifs is 2. The highest BCUT2D eigenvalue weighted by Crippen LogP contribution is 2.47. The predicted octanol–water partition coefficient (Wildman–Crippen LogP) is 8.41. The first kappa shape index (κ1) is 26.0. The molecule has 0 saturated carbocycles. The summed E-state index contributed by atoms with van der Waals surface area (Å²) >= 11 is 0. The van der Waals surface area contributed by atoms with Gasteiger partial charge in [-0.3, -0.25) is 0 Å². The van der Waals surface area contributed by atoms with Gasteiger partial charge in [-0.1, -0.05) is 148 Å². The minimum absolute atomic E-state index is 0.395. The molecule has 0 heterocycles. The van der Waals surface area contributed by atoms with Crippen LogP contribution in [0.2, 0.25) is 0 Å². The minimum Gasteiger partial charge on any atom is -0.478 e. The Balaban J connectivity index is 1.91. The van der Waals surface area contributed by atoms with Crippen LogP contribution in [0.15, 0.2) is 127 Å². The van der Waals surface area contributed by atoms with Crippen molar-refractivity contribution in [2.24, 2.45) is 0 Å². The molecule has 0 aromatic heterocycles. The first-order valence-corrected chi connectivity index (χ1v) is 14.9. The number of rotatable bonds is 5. The summed E-state index contributed by atoms with van der Waals surface area (Å²) in [6, 6.07) is 43.9. The molecule has 0 atom stereocenters. The zero-order chi connectivity index (χ0) is 27.9. The van der Waals surface area contributed by atoms with Gasteiger partial charge in [-0.15, -0.1) is 0 Å². The molecule has 0 amide bonds. The van der Waals surface area contributed by atoms with E-state index in [0.29, 0.717) is 5.56 Å². The van der Waals surface area contributed by atoms with E-state index in [0.717, 1.165) is 54.1 Å². The third-order valence-corrected chi connectivity index (χ3v) is 9.99. The molecule has 0 aliphatic heterocycles. The highest BCUT2D eigenvalue weighted by molar-refractivity contribution is 7.80. The third kappa shape index (κ3) is 4.49. The summed E-state index contributed by atoms with van der Waals surface area (Å²) in [6.45, 7) is 6.36. The van der Waals surface area contributed by atoms with E-state index >= 15 is 0 Å². The van der Waals surface area contributed by atoms with E-state index in [9.17, 15) is 9.90 Å². The number of benzene rings is 6. The van der Waals surface area contributed by atoms with Crippen LogP contribution in [0.4, 0.5) is 0 Å². The van der Waals surface area contributed by atoms with E-state index in [-0.39, 0.29) is 0 Å². The minimum atomic E-state index is -1.22. The highest BCUT2D eigenvalue weighted by atomic mass is 31.1. The number of carbonyl (C=O) groups is 1. The van der Waals surface area contributed by atoms with Crippen molar-refractivity contribution >= 4 is 51.3 Å². The van der Waals surface area contributed by atoms with Gasteiger partial charge in [0.25, 0.3) is 0 Å². The number of hydrogen-bond acceptors (Lipinski definition) is 1. The van der Waals surface area contributed by atoms with Gasteiger partial charge >= 0.3 is 5.97 Å². The number of hydrogen-bond donors (Lipinski definition) is 1. The molecular formula is C37H31O2P. The van der Waals surface area contributed by atoms with Gasteiger partial charge in [0.2, 0.25) is 0 Å². The normalized spacial score (nSPS) is 11.8. The Morgan fingerprint density at radius 3 is 1.68 bits per heavy atom. The lowest BCUT2D eigenvalue weighted by molar-refractivity contribution is 0.0696. The molecule has 0 aliphatic rings. The molecule has 6 aromatic rings. The van der Waals surface area contributed by atoms with Gasteiger partial charge < -0.3 is 5.11 Å². The van der Waals surface area contributed by atoms with Crippen LogP contribution in [-0.4, -0.2) is 11.1 Å². The fourth-order valence-electron chi connectivity index (χ4n) is 5.91. The topological polar surface area (TPSA) is 37.3 Å². The van der Waals surface area contributed by atoms with Crippen LogP contribution in [0.5, 0.6) is 0 Å². The van der Waals surface area contributed by atoms with Gasteiger partial charge in [0, 0.05) is 5.30 Å². The molecule has 196 valence electrons. The Hall–Kier alpha value is -4.26. The average molecular weight is 539 g/mol. The van der Waals surface area contributed by atoms with Crippen LogP contribution < -0.4 is 15.9 Å². The molecule has 6 aromatic carbocycles. The quantitative estimate of drug-likeness (QED) is 0.224. The summed E-state index contributed by atoms with van der Waals surface area (Å²) in [5, 5.41) is 18.6. The van der Waals surface area contributed by atoms with Crippen molar-refractivity contribution in [3.8, 4) is 11.1 Å². The van der Waals surface area contributed by atoms with Crippen molar-refractivity contribution in [1.82, 2.24) is 0 Å². The van der Waals surface area contributed by atoms with Crippen molar-refractivity contribution in [2.75, 3.05) is 0 Å². The Morgan fingerprint density at radius 2 is 1.10 bits per heavy atom. The van der Waals surface area contributed by atoms with Gasteiger partial charge in [0.15, 0.2) is 0 Å². The summed E-state index contributed by atoms with van der Waals surface area (Å²) in [5.74, 6) is -0.883. The second kappa shape index (κ2) is 10.4. The fraction of sp³-hybridized carbons (Fsp3) is 0.108. The smallest absolute Gasteiger partial charge is 0.336 e. The molecule has 0 aliphatic carbocycles. The summed E-state index contributed by atoms with van der Waals surface area (Å²) in [5.41, 5.74) is 2.98. The summed E-state index contributed by atoms with van der Waals surface area (Å²) < 4.78 is 0. The van der Waals surface area contributed by atoms with Crippen LogP contribution in [0.1, 0.15) is 36.7 Å². The molecule has 0 bridgehead atoms. The number of aromatic carboxylic acids is 1. The maximum Gasteiger partial charge on any atom is 0.336 e. The van der Waals surface area contributed by atoms with Gasteiger partial charge in [0.1, 0.15) is 0 Å². The first-order chi connectivity index (χ1) is 19.4. The average Bonchev–Trinajstić information content (AvgIpc) is 2.97. The summed E-state index contributed by atoms with van der Waals surface area (Å²) in [7, 11) is -1.22. The molecule has 6 rings (SSSR count). The molecule has 0 saturated heterocycles. The Bertz CT molecular complexity index is 1810. The van der Waals surface area contributed by atoms with Gasteiger partial charge in [-0.05, 0) is 62.2 Å². The molecular weight excluding hydrogens is 507 g/mol. The lowest BCUT2D eigenvalue weighted by atomic mass is 9.78. The Labute approximate surface area is 236 Å². The van der Waals surface area contributed by atoms with Crippen LogP contribution in [0, 0.1) is 0 Å². The van der Waals surface area contributed by atoms with Crippen molar-refractivity contribution in [3.63, 3.8) is 0 Å². The lowest BCUT2D eigenvalue weighted by Crippen LogP contribution is -2.31. The lowest BCUT2D eigenvalue weighted by Gasteiger charge is -2.32. The first-order valence-electron chi connectivity index (χ1n) is 13.6. The van der Waals surface area contributed by atoms with Gasteiger partial charge in [0.05, 0.1) is 5.56 Å². The second-order valence-corrected chi connectivity index (χ2v) is 13.3. The maximum atomic E-state index is 13.6. The number of carboxylic acids is 1. The van der Waals surface area contributed by atoms with E-state index in [1.165, 1.54) is 0 Å². The zero-order valence-corrected chi connectivity index (χ0v) is 23.8. The van der Waals surface area contributed by atoms with Crippen molar-refractivity contribution in [2.45, 2.75) is 26.2 Å². The molecule has 0 radical (unpaired) electrons. The van der Waals surface area contributed by atoms with E-state index in [4.69, 9.17) is 0 Å². The third-order valence-electron chi connectivity index (χ3n) is 7.46. The number of carboxylic acid groups (broad SMARTS) is 1. The highest BCUT2D eigenvalue weighted by Gasteiger charge is 2.35. The second-order valence-electron chi connectivity index (χ2n) is 11.1. The molecule has 40 heavy (non-hydrogen) atoms. The van der Waals surface area contributed by atoms with Gasteiger partial charge in [-0.2, -0.15) is 0 Å². The van der Waals surface area contributed by atoms with Crippen LogP contribution in [0.25, 0.3) is 32.7 Å². The molecule has 0 spiro atoms. The van der Waals surface area contributed by atoms with Crippen LogP contribution in [-0.2, 0) is 5.41 Å². The molecule has 0 unspecified atom stereocenters. The van der Waals surface area contributed by atoms with E-state index in [2.05, 4.69) is 130 Å².